The number of hydrogen-bond acceptors (Lipinski definition) is 5. The Morgan fingerprint density at radius 1 is 1.45 bits per heavy atom. The van der Waals surface area contributed by atoms with Crippen molar-refractivity contribution < 1.29 is 4.79 Å². The Morgan fingerprint density at radius 2 is 2.23 bits per heavy atom. The Bertz CT molecular complexity index is 633. The van der Waals surface area contributed by atoms with E-state index in [1.54, 1.807) is 11.7 Å². The van der Waals surface area contributed by atoms with E-state index in [9.17, 15) is 4.79 Å². The molecule has 0 saturated carbocycles. The number of thioether (sulfide) groups is 1. The van der Waals surface area contributed by atoms with E-state index in [-0.39, 0.29) is 11.9 Å². The van der Waals surface area contributed by atoms with Crippen molar-refractivity contribution in [3.8, 4) is 0 Å². The Balaban J connectivity index is 1.72. The number of halogens is 1. The number of nitrogens with zero attached hydrogens (tertiary/aromatic N) is 4. The zero-order valence-electron chi connectivity index (χ0n) is 12.5. The van der Waals surface area contributed by atoms with Crippen LogP contribution in [0.2, 0.25) is 5.02 Å². The number of carbonyl (C=O) groups excluding carboxylic acids is 1. The minimum atomic E-state index is 0.0159. The highest BCUT2D eigenvalue weighted by Crippen LogP contribution is 2.17. The van der Waals surface area contributed by atoms with Crippen molar-refractivity contribution in [2.75, 3.05) is 5.75 Å². The fraction of sp³-hybridized carbons (Fsp3) is 0.429. The van der Waals surface area contributed by atoms with Crippen molar-refractivity contribution in [2.24, 2.45) is 7.05 Å². The van der Waals surface area contributed by atoms with Gasteiger partial charge in [0.2, 0.25) is 11.1 Å². The first-order valence-corrected chi connectivity index (χ1v) is 8.30. The molecule has 22 heavy (non-hydrogen) atoms. The van der Waals surface area contributed by atoms with Gasteiger partial charge >= 0.3 is 0 Å². The van der Waals surface area contributed by atoms with E-state index in [0.29, 0.717) is 23.8 Å². The molecule has 0 aliphatic rings. The molecular weight excluding hydrogens is 322 g/mol. The van der Waals surface area contributed by atoms with Crippen LogP contribution >= 0.6 is 23.4 Å². The Morgan fingerprint density at radius 3 is 2.91 bits per heavy atom. The first kappa shape index (κ1) is 16.8. The topological polar surface area (TPSA) is 72.7 Å². The molecule has 0 fully saturated rings. The molecule has 0 aliphatic carbocycles. The molecule has 118 valence electrons. The van der Waals surface area contributed by atoms with E-state index in [2.05, 4.69) is 20.8 Å². The zero-order chi connectivity index (χ0) is 15.9. The molecule has 0 radical (unpaired) electrons. The molecule has 0 bridgehead atoms. The molecule has 0 saturated heterocycles. The number of rotatable bonds is 7. The van der Waals surface area contributed by atoms with Crippen LogP contribution in [0.5, 0.6) is 0 Å². The van der Waals surface area contributed by atoms with E-state index >= 15 is 0 Å². The van der Waals surface area contributed by atoms with Crippen molar-refractivity contribution in [1.29, 1.82) is 0 Å². The molecule has 2 rings (SSSR count). The summed E-state index contributed by atoms with van der Waals surface area (Å²) in [4.78, 5) is 11.9. The maximum Gasteiger partial charge on any atom is 0.221 e. The van der Waals surface area contributed by atoms with Gasteiger partial charge in [-0.2, -0.15) is 0 Å². The van der Waals surface area contributed by atoms with Crippen LogP contribution in [0.15, 0.2) is 29.4 Å². The number of amides is 1. The van der Waals surface area contributed by atoms with E-state index < -0.39 is 0 Å². The van der Waals surface area contributed by atoms with Crippen molar-refractivity contribution in [3.05, 3.63) is 34.9 Å². The number of hydrogen-bond donors (Lipinski definition) is 1. The molecule has 1 N–H and O–H groups in total. The SMILES string of the molecule is CC(Cc1ccccc1Cl)NC(=O)CCSc1nnnn1C. The van der Waals surface area contributed by atoms with Crippen LogP contribution < -0.4 is 5.32 Å². The predicted octanol–water partition coefficient (Wildman–Crippen LogP) is 2.09. The first-order chi connectivity index (χ1) is 10.6. The van der Waals surface area contributed by atoms with Crippen LogP contribution in [-0.2, 0) is 18.3 Å². The summed E-state index contributed by atoms with van der Waals surface area (Å²) in [5.41, 5.74) is 1.04. The maximum absolute atomic E-state index is 11.9. The molecule has 1 unspecified atom stereocenters. The van der Waals surface area contributed by atoms with Crippen LogP contribution in [0, 0.1) is 0 Å². The second kappa shape index (κ2) is 8.14. The number of tetrazole rings is 1. The van der Waals surface area contributed by atoms with Crippen molar-refractivity contribution in [1.82, 2.24) is 25.5 Å². The number of nitrogens with one attached hydrogen (secondary N) is 1. The fourth-order valence-electron chi connectivity index (χ4n) is 1.97. The van der Waals surface area contributed by atoms with Crippen molar-refractivity contribution >= 4 is 29.3 Å². The lowest BCUT2D eigenvalue weighted by Crippen LogP contribution is -2.34. The summed E-state index contributed by atoms with van der Waals surface area (Å²) >= 11 is 7.58. The third-order valence-electron chi connectivity index (χ3n) is 3.03. The summed E-state index contributed by atoms with van der Waals surface area (Å²) in [6.07, 6.45) is 1.14. The molecule has 8 heteroatoms. The highest BCUT2D eigenvalue weighted by atomic mass is 35.5. The van der Waals surface area contributed by atoms with Gasteiger partial charge in [0, 0.05) is 30.3 Å². The van der Waals surface area contributed by atoms with Crippen LogP contribution in [0.25, 0.3) is 0 Å². The van der Waals surface area contributed by atoms with Gasteiger partial charge in [0.15, 0.2) is 0 Å². The standard InChI is InChI=1S/C14H18ClN5OS/c1-10(9-11-5-3-4-6-12(11)15)16-13(21)7-8-22-14-17-18-19-20(14)2/h3-6,10H,7-9H2,1-2H3,(H,16,21). The molecule has 6 nitrogen and oxygen atoms in total. The molecule has 0 spiro atoms. The number of aryl methyl sites for hydroxylation is 1. The van der Waals surface area contributed by atoms with Crippen LogP contribution in [-0.4, -0.2) is 37.9 Å². The fourth-order valence-corrected chi connectivity index (χ4v) is 2.97. The van der Waals surface area contributed by atoms with E-state index in [1.807, 2.05) is 31.2 Å². The van der Waals surface area contributed by atoms with Gasteiger partial charge in [0.05, 0.1) is 0 Å². The van der Waals surface area contributed by atoms with Crippen LogP contribution in [0.3, 0.4) is 0 Å². The van der Waals surface area contributed by atoms with Gasteiger partial charge in [-0.1, -0.05) is 41.6 Å². The van der Waals surface area contributed by atoms with Gasteiger partial charge in [-0.15, -0.1) is 5.10 Å². The number of benzene rings is 1. The normalized spacial score (nSPS) is 12.1. The first-order valence-electron chi connectivity index (χ1n) is 6.94. The average Bonchev–Trinajstić information content (AvgIpc) is 2.87. The van der Waals surface area contributed by atoms with Crippen LogP contribution in [0.4, 0.5) is 0 Å². The number of aromatic nitrogens is 4. The summed E-state index contributed by atoms with van der Waals surface area (Å²) in [6.45, 7) is 1.97. The smallest absolute Gasteiger partial charge is 0.221 e. The average molecular weight is 340 g/mol. The Labute approximate surface area is 138 Å². The minimum absolute atomic E-state index is 0.0159. The summed E-state index contributed by atoms with van der Waals surface area (Å²) in [5.74, 6) is 0.654. The second-order valence-electron chi connectivity index (χ2n) is 4.95. The molecule has 0 aliphatic heterocycles. The summed E-state index contributed by atoms with van der Waals surface area (Å²) < 4.78 is 1.59. The summed E-state index contributed by atoms with van der Waals surface area (Å²) in [7, 11) is 1.77. The van der Waals surface area contributed by atoms with Crippen molar-refractivity contribution in [3.63, 3.8) is 0 Å². The molecule has 1 aromatic heterocycles. The lowest BCUT2D eigenvalue weighted by molar-refractivity contribution is -0.121. The van der Waals surface area contributed by atoms with Gasteiger partial charge < -0.3 is 5.32 Å². The highest BCUT2D eigenvalue weighted by Gasteiger charge is 2.11. The third-order valence-corrected chi connectivity index (χ3v) is 4.41. The minimum Gasteiger partial charge on any atom is -0.353 e. The summed E-state index contributed by atoms with van der Waals surface area (Å²) in [5, 5.41) is 15.6. The third kappa shape index (κ3) is 4.99. The predicted molar refractivity (Wildman–Crippen MR) is 86.9 cm³/mol. The Kier molecular flexibility index (Phi) is 6.21. The molecule has 1 aromatic carbocycles. The molecule has 1 heterocycles. The largest absolute Gasteiger partial charge is 0.353 e. The maximum atomic E-state index is 11.9. The number of carbonyl (C=O) groups is 1. The molecule has 2 aromatic rings. The van der Waals surface area contributed by atoms with Crippen LogP contribution in [0.1, 0.15) is 18.9 Å². The zero-order valence-corrected chi connectivity index (χ0v) is 14.1. The quantitative estimate of drug-likeness (QED) is 0.782. The summed E-state index contributed by atoms with van der Waals surface area (Å²) in [6, 6.07) is 7.71. The Hall–Kier alpha value is -1.60. The lowest BCUT2D eigenvalue weighted by atomic mass is 10.1. The lowest BCUT2D eigenvalue weighted by Gasteiger charge is -2.14. The molecule has 1 atom stereocenters. The van der Waals surface area contributed by atoms with Gasteiger partial charge in [-0.25, -0.2) is 4.68 Å². The van der Waals surface area contributed by atoms with Gasteiger partial charge in [0.1, 0.15) is 0 Å². The van der Waals surface area contributed by atoms with Gasteiger partial charge in [-0.3, -0.25) is 4.79 Å². The highest BCUT2D eigenvalue weighted by molar-refractivity contribution is 7.99. The van der Waals surface area contributed by atoms with E-state index in [1.165, 1.54) is 11.8 Å². The molecular formula is C14H18ClN5OS. The second-order valence-corrected chi connectivity index (χ2v) is 6.42. The monoisotopic (exact) mass is 339 g/mol. The van der Waals surface area contributed by atoms with E-state index in [4.69, 9.17) is 11.6 Å². The van der Waals surface area contributed by atoms with Crippen molar-refractivity contribution in [2.45, 2.75) is 31.0 Å². The molecule has 1 amide bonds. The van der Waals surface area contributed by atoms with Gasteiger partial charge in [0.25, 0.3) is 0 Å². The van der Waals surface area contributed by atoms with Gasteiger partial charge in [-0.05, 0) is 35.4 Å². The van der Waals surface area contributed by atoms with E-state index in [0.717, 1.165) is 10.6 Å².